The van der Waals surface area contributed by atoms with Gasteiger partial charge in [-0.05, 0) is 26.0 Å². The third-order valence-corrected chi connectivity index (χ3v) is 5.36. The summed E-state index contributed by atoms with van der Waals surface area (Å²) in [5.41, 5.74) is 0.261. The number of sulfone groups is 1. The van der Waals surface area contributed by atoms with Gasteiger partial charge >= 0.3 is 0 Å². The van der Waals surface area contributed by atoms with E-state index in [1.165, 1.54) is 18.2 Å². The lowest BCUT2D eigenvalue weighted by atomic mass is 10.1. The molecule has 0 atom stereocenters. The van der Waals surface area contributed by atoms with E-state index in [0.29, 0.717) is 5.69 Å². The summed E-state index contributed by atoms with van der Waals surface area (Å²) in [5.74, 6) is -0.0138. The Balaban J connectivity index is 2.92. The van der Waals surface area contributed by atoms with Gasteiger partial charge in [0.25, 0.3) is 5.69 Å². The molecule has 0 saturated carbocycles. The fraction of sp³-hybridized carbons (Fsp3) is 0.462. The summed E-state index contributed by atoms with van der Waals surface area (Å²) < 4.78 is 23.5. The van der Waals surface area contributed by atoms with E-state index >= 15 is 0 Å². The number of rotatable bonds is 6. The van der Waals surface area contributed by atoms with Crippen LogP contribution < -0.4 is 4.90 Å². The molecule has 0 N–H and O–H groups in total. The second-order valence-corrected chi connectivity index (χ2v) is 7.58. The summed E-state index contributed by atoms with van der Waals surface area (Å²) >= 11 is 0. The number of nitro groups is 1. The topological polar surface area (TPSA) is 104 Å². The van der Waals surface area contributed by atoms with Crippen LogP contribution in [-0.2, 0) is 9.84 Å². The van der Waals surface area contributed by atoms with E-state index < -0.39 is 20.0 Å². The number of nitriles is 1. The van der Waals surface area contributed by atoms with Crippen molar-refractivity contribution in [2.45, 2.75) is 19.1 Å². The molecule has 0 aliphatic rings. The van der Waals surface area contributed by atoms with E-state index in [9.17, 15) is 18.5 Å². The van der Waals surface area contributed by atoms with Crippen LogP contribution in [0.1, 0.15) is 19.4 Å². The molecule has 0 fully saturated rings. The van der Waals surface area contributed by atoms with E-state index in [-0.39, 0.29) is 23.5 Å². The van der Waals surface area contributed by atoms with Gasteiger partial charge in [0, 0.05) is 25.3 Å². The van der Waals surface area contributed by atoms with E-state index in [4.69, 9.17) is 5.26 Å². The van der Waals surface area contributed by atoms with Crippen LogP contribution in [-0.4, -0.2) is 37.9 Å². The average Bonchev–Trinajstić information content (AvgIpc) is 2.43. The van der Waals surface area contributed by atoms with E-state index in [1.807, 2.05) is 0 Å². The van der Waals surface area contributed by atoms with Gasteiger partial charge in [-0.25, -0.2) is 8.42 Å². The number of anilines is 1. The van der Waals surface area contributed by atoms with Gasteiger partial charge < -0.3 is 4.90 Å². The maximum Gasteiger partial charge on any atom is 0.287 e. The van der Waals surface area contributed by atoms with Crippen LogP contribution in [0.2, 0.25) is 0 Å². The van der Waals surface area contributed by atoms with Crippen molar-refractivity contribution >= 4 is 21.2 Å². The molecule has 21 heavy (non-hydrogen) atoms. The molecular formula is C13H17N3O4S. The molecule has 0 aromatic heterocycles. The van der Waals surface area contributed by atoms with E-state index in [2.05, 4.69) is 0 Å². The molecule has 0 saturated heterocycles. The van der Waals surface area contributed by atoms with Crippen LogP contribution in [0.25, 0.3) is 0 Å². The predicted molar refractivity (Wildman–Crippen MR) is 80.0 cm³/mol. The zero-order chi connectivity index (χ0) is 16.2. The summed E-state index contributed by atoms with van der Waals surface area (Å²) in [5, 5.41) is 19.2. The van der Waals surface area contributed by atoms with Crippen LogP contribution in [0.15, 0.2) is 18.2 Å². The molecule has 8 heteroatoms. The van der Waals surface area contributed by atoms with Gasteiger partial charge in [-0.3, -0.25) is 10.1 Å². The van der Waals surface area contributed by atoms with Crippen molar-refractivity contribution in [1.82, 2.24) is 0 Å². The molecule has 0 aliphatic carbocycles. The fourth-order valence-corrected chi connectivity index (χ4v) is 2.64. The van der Waals surface area contributed by atoms with Gasteiger partial charge in [0.05, 0.1) is 15.9 Å². The normalized spacial score (nSPS) is 11.2. The van der Waals surface area contributed by atoms with Crippen LogP contribution in [0.4, 0.5) is 11.4 Å². The first-order valence-corrected chi connectivity index (χ1v) is 8.02. The van der Waals surface area contributed by atoms with Crippen LogP contribution in [0.3, 0.4) is 0 Å². The molecule has 0 radical (unpaired) electrons. The van der Waals surface area contributed by atoms with E-state index in [1.54, 1.807) is 31.9 Å². The number of hydrogen-bond donors (Lipinski definition) is 0. The molecule has 1 rings (SSSR count). The Bertz CT molecular complexity index is 677. The van der Waals surface area contributed by atoms with Crippen molar-refractivity contribution in [2.75, 3.05) is 24.2 Å². The molecule has 1 aromatic carbocycles. The minimum Gasteiger partial charge on any atom is -0.374 e. The summed E-state index contributed by atoms with van der Waals surface area (Å²) in [4.78, 5) is 11.8. The summed E-state index contributed by atoms with van der Waals surface area (Å²) in [6.45, 7) is 3.49. The van der Waals surface area contributed by atoms with Gasteiger partial charge in [-0.1, -0.05) is 0 Å². The predicted octanol–water partition coefficient (Wildman–Crippen LogP) is 1.73. The summed E-state index contributed by atoms with van der Waals surface area (Å²) in [7, 11) is -1.47. The molecule has 7 nitrogen and oxygen atoms in total. The summed E-state index contributed by atoms with van der Waals surface area (Å²) in [6.07, 6.45) is 0. The maximum absolute atomic E-state index is 11.8. The fourth-order valence-electron chi connectivity index (χ4n) is 1.64. The van der Waals surface area contributed by atoms with Gasteiger partial charge in [-0.2, -0.15) is 5.26 Å². The third-order valence-electron chi connectivity index (χ3n) is 3.17. The van der Waals surface area contributed by atoms with Gasteiger partial charge in [0.2, 0.25) is 0 Å². The highest BCUT2D eigenvalue weighted by Crippen LogP contribution is 2.23. The molecule has 0 unspecified atom stereocenters. The van der Waals surface area contributed by atoms with Crippen molar-refractivity contribution in [1.29, 1.82) is 5.26 Å². The SMILES string of the molecule is CC(C)S(=O)(=O)CCN(C)c1ccc([N+](=O)[O-])c(C#N)c1. The van der Waals surface area contributed by atoms with Gasteiger partial charge in [-0.15, -0.1) is 0 Å². The Morgan fingerprint density at radius 1 is 1.43 bits per heavy atom. The third kappa shape index (κ3) is 4.16. The Labute approximate surface area is 123 Å². The number of nitro benzene ring substituents is 1. The lowest BCUT2D eigenvalue weighted by Gasteiger charge is -2.20. The number of nitrogens with zero attached hydrogens (tertiary/aromatic N) is 3. The average molecular weight is 311 g/mol. The van der Waals surface area contributed by atoms with Crippen molar-refractivity contribution < 1.29 is 13.3 Å². The molecule has 0 amide bonds. The Kier molecular flexibility index (Phi) is 5.27. The molecule has 0 aliphatic heterocycles. The van der Waals surface area contributed by atoms with Crippen molar-refractivity contribution in [3.05, 3.63) is 33.9 Å². The van der Waals surface area contributed by atoms with E-state index in [0.717, 1.165) is 0 Å². The van der Waals surface area contributed by atoms with Crippen LogP contribution in [0, 0.1) is 21.4 Å². The first kappa shape index (κ1) is 16.9. The smallest absolute Gasteiger partial charge is 0.287 e. The zero-order valence-electron chi connectivity index (χ0n) is 12.1. The van der Waals surface area contributed by atoms with Crippen molar-refractivity contribution in [2.24, 2.45) is 0 Å². The van der Waals surface area contributed by atoms with Gasteiger partial charge in [0.15, 0.2) is 9.84 Å². The second-order valence-electron chi connectivity index (χ2n) is 4.91. The highest BCUT2D eigenvalue weighted by atomic mass is 32.2. The monoisotopic (exact) mass is 311 g/mol. The lowest BCUT2D eigenvalue weighted by molar-refractivity contribution is -0.385. The minimum atomic E-state index is -3.15. The molecular weight excluding hydrogens is 294 g/mol. The highest BCUT2D eigenvalue weighted by Gasteiger charge is 2.18. The second kappa shape index (κ2) is 6.54. The molecule has 1 aromatic rings. The number of benzene rings is 1. The molecule has 0 heterocycles. The first-order chi connectivity index (χ1) is 9.69. The lowest BCUT2D eigenvalue weighted by Crippen LogP contribution is -2.28. The maximum atomic E-state index is 11.8. The standard InChI is InChI=1S/C13H17N3O4S/c1-10(2)21(19,20)7-6-15(3)12-4-5-13(16(17)18)11(8-12)9-14/h4-5,8,10H,6-7H2,1-3H3. The van der Waals surface area contributed by atoms with Crippen molar-refractivity contribution in [3.8, 4) is 6.07 Å². The quantitative estimate of drug-likeness (QED) is 0.585. The summed E-state index contributed by atoms with van der Waals surface area (Å²) in [6, 6.07) is 5.92. The zero-order valence-corrected chi connectivity index (χ0v) is 12.9. The highest BCUT2D eigenvalue weighted by molar-refractivity contribution is 7.92. The Morgan fingerprint density at radius 3 is 2.52 bits per heavy atom. The minimum absolute atomic E-state index is 0.0138. The largest absolute Gasteiger partial charge is 0.374 e. The number of hydrogen-bond acceptors (Lipinski definition) is 6. The van der Waals surface area contributed by atoms with Crippen LogP contribution in [0.5, 0.6) is 0 Å². The molecule has 114 valence electrons. The van der Waals surface area contributed by atoms with Gasteiger partial charge in [0.1, 0.15) is 11.6 Å². The van der Waals surface area contributed by atoms with Crippen LogP contribution >= 0.6 is 0 Å². The van der Waals surface area contributed by atoms with Crippen molar-refractivity contribution in [3.63, 3.8) is 0 Å². The molecule has 0 bridgehead atoms. The Hall–Kier alpha value is -2.14. The Morgan fingerprint density at radius 2 is 2.05 bits per heavy atom. The molecule has 0 spiro atoms. The first-order valence-electron chi connectivity index (χ1n) is 6.30.